The van der Waals surface area contributed by atoms with Gasteiger partial charge in [0.15, 0.2) is 0 Å². The Hall–Kier alpha value is -1.44. The molecule has 1 N–H and O–H groups in total. The van der Waals surface area contributed by atoms with Crippen molar-refractivity contribution in [3.63, 3.8) is 0 Å². The molecule has 1 aliphatic rings. The Bertz CT molecular complexity index is 746. The highest BCUT2D eigenvalue weighted by Crippen LogP contribution is 2.43. The van der Waals surface area contributed by atoms with E-state index in [1.807, 2.05) is 13.8 Å². The predicted molar refractivity (Wildman–Crippen MR) is 135 cm³/mol. The van der Waals surface area contributed by atoms with Gasteiger partial charge in [-0.15, -0.1) is 0 Å². The minimum absolute atomic E-state index is 0.252. The second-order valence-electron chi connectivity index (χ2n) is 11.1. The SMILES string of the molecule is Cc1c(C)c2c(c(C)c1O)C=CC(C)(CCCC(C)CCCC(C)CCCC(C)C)O2. The minimum Gasteiger partial charge on any atom is -0.507 e. The molecular weight excluding hydrogens is 380 g/mol. The summed E-state index contributed by atoms with van der Waals surface area (Å²) in [5.41, 5.74) is 3.70. The zero-order valence-electron chi connectivity index (χ0n) is 21.6. The van der Waals surface area contributed by atoms with E-state index in [1.165, 1.54) is 51.4 Å². The van der Waals surface area contributed by atoms with Gasteiger partial charge in [-0.3, -0.25) is 0 Å². The molecule has 1 heterocycles. The maximum Gasteiger partial charge on any atom is 0.131 e. The molecular formula is C29H48O2. The lowest BCUT2D eigenvalue weighted by Gasteiger charge is -2.34. The predicted octanol–water partition coefficient (Wildman–Crippen LogP) is 8.92. The van der Waals surface area contributed by atoms with Crippen molar-refractivity contribution in [2.24, 2.45) is 17.8 Å². The molecule has 2 rings (SSSR count). The fourth-order valence-corrected chi connectivity index (χ4v) is 4.90. The minimum atomic E-state index is -0.252. The smallest absolute Gasteiger partial charge is 0.131 e. The van der Waals surface area contributed by atoms with E-state index in [9.17, 15) is 5.11 Å². The number of fused-ring (bicyclic) bond motifs is 1. The van der Waals surface area contributed by atoms with Crippen LogP contribution in [0.3, 0.4) is 0 Å². The van der Waals surface area contributed by atoms with E-state index in [1.54, 1.807) is 0 Å². The first-order valence-electron chi connectivity index (χ1n) is 12.7. The van der Waals surface area contributed by atoms with Crippen molar-refractivity contribution in [3.05, 3.63) is 28.3 Å². The van der Waals surface area contributed by atoms with Crippen LogP contribution in [-0.2, 0) is 0 Å². The van der Waals surface area contributed by atoms with Crippen molar-refractivity contribution in [2.75, 3.05) is 0 Å². The third-order valence-corrected chi connectivity index (χ3v) is 7.44. The molecule has 0 saturated heterocycles. The molecule has 31 heavy (non-hydrogen) atoms. The van der Waals surface area contributed by atoms with Gasteiger partial charge in [0.25, 0.3) is 0 Å². The molecule has 0 fully saturated rings. The lowest BCUT2D eigenvalue weighted by Crippen LogP contribution is -2.32. The van der Waals surface area contributed by atoms with Crippen molar-refractivity contribution in [1.29, 1.82) is 0 Å². The van der Waals surface area contributed by atoms with Gasteiger partial charge in [0.05, 0.1) is 0 Å². The fourth-order valence-electron chi connectivity index (χ4n) is 4.90. The van der Waals surface area contributed by atoms with Crippen molar-refractivity contribution in [1.82, 2.24) is 0 Å². The first kappa shape index (κ1) is 25.8. The summed E-state index contributed by atoms with van der Waals surface area (Å²) in [5.74, 6) is 3.86. The molecule has 2 heteroatoms. The van der Waals surface area contributed by atoms with Crippen LogP contribution in [0.5, 0.6) is 11.5 Å². The van der Waals surface area contributed by atoms with E-state index in [-0.39, 0.29) is 5.60 Å². The number of phenols is 1. The highest BCUT2D eigenvalue weighted by atomic mass is 16.5. The van der Waals surface area contributed by atoms with Gasteiger partial charge in [-0.25, -0.2) is 0 Å². The Morgan fingerprint density at radius 3 is 1.94 bits per heavy atom. The average molecular weight is 429 g/mol. The molecule has 0 radical (unpaired) electrons. The second-order valence-corrected chi connectivity index (χ2v) is 11.1. The maximum atomic E-state index is 10.4. The Kier molecular flexibility index (Phi) is 9.52. The van der Waals surface area contributed by atoms with Gasteiger partial charge in [0.1, 0.15) is 17.1 Å². The zero-order valence-corrected chi connectivity index (χ0v) is 21.6. The van der Waals surface area contributed by atoms with Crippen LogP contribution >= 0.6 is 0 Å². The summed E-state index contributed by atoms with van der Waals surface area (Å²) in [7, 11) is 0. The largest absolute Gasteiger partial charge is 0.507 e. The van der Waals surface area contributed by atoms with Crippen molar-refractivity contribution in [2.45, 2.75) is 119 Å². The maximum absolute atomic E-state index is 10.4. The molecule has 0 bridgehead atoms. The van der Waals surface area contributed by atoms with Crippen LogP contribution < -0.4 is 4.74 Å². The lowest BCUT2D eigenvalue weighted by atomic mass is 9.88. The number of hydrogen-bond donors (Lipinski definition) is 1. The van der Waals surface area contributed by atoms with Crippen molar-refractivity contribution in [3.8, 4) is 11.5 Å². The van der Waals surface area contributed by atoms with Gasteiger partial charge < -0.3 is 9.84 Å². The first-order valence-corrected chi connectivity index (χ1v) is 12.7. The number of hydrogen-bond acceptors (Lipinski definition) is 2. The summed E-state index contributed by atoms with van der Waals surface area (Å²) in [5, 5.41) is 10.4. The molecule has 0 aromatic heterocycles. The highest BCUT2D eigenvalue weighted by molar-refractivity contribution is 5.71. The van der Waals surface area contributed by atoms with Crippen LogP contribution in [-0.4, -0.2) is 10.7 Å². The van der Waals surface area contributed by atoms with Crippen LogP contribution in [0.2, 0.25) is 0 Å². The molecule has 3 unspecified atom stereocenters. The Morgan fingerprint density at radius 1 is 0.806 bits per heavy atom. The van der Waals surface area contributed by atoms with Gasteiger partial charge in [-0.1, -0.05) is 78.7 Å². The quantitative estimate of drug-likeness (QED) is 0.360. The van der Waals surface area contributed by atoms with Crippen LogP contribution in [0, 0.1) is 38.5 Å². The zero-order chi connectivity index (χ0) is 23.2. The number of phenolic OH excluding ortho intramolecular Hbond substituents is 1. The van der Waals surface area contributed by atoms with Crippen LogP contribution in [0.15, 0.2) is 6.08 Å². The molecule has 0 aliphatic carbocycles. The molecule has 2 nitrogen and oxygen atoms in total. The molecule has 0 amide bonds. The van der Waals surface area contributed by atoms with Gasteiger partial charge >= 0.3 is 0 Å². The van der Waals surface area contributed by atoms with E-state index in [0.717, 1.165) is 52.2 Å². The lowest BCUT2D eigenvalue weighted by molar-refractivity contribution is 0.121. The molecule has 176 valence electrons. The molecule has 1 aliphatic heterocycles. The number of rotatable bonds is 12. The summed E-state index contributed by atoms with van der Waals surface area (Å²) >= 11 is 0. The summed E-state index contributed by atoms with van der Waals surface area (Å²) in [6.07, 6.45) is 16.1. The Balaban J connectivity index is 1.76. The van der Waals surface area contributed by atoms with Gasteiger partial charge in [-0.2, -0.15) is 0 Å². The van der Waals surface area contributed by atoms with Crippen LogP contribution in [0.1, 0.15) is 115 Å². The normalized spacial score (nSPS) is 19.9. The highest BCUT2D eigenvalue weighted by Gasteiger charge is 2.30. The molecule has 1 aromatic rings. The summed E-state index contributed by atoms with van der Waals surface area (Å²) < 4.78 is 6.52. The van der Waals surface area contributed by atoms with Crippen LogP contribution in [0.25, 0.3) is 6.08 Å². The third-order valence-electron chi connectivity index (χ3n) is 7.44. The van der Waals surface area contributed by atoms with E-state index in [4.69, 9.17) is 4.74 Å². The number of ether oxygens (including phenoxy) is 1. The van der Waals surface area contributed by atoms with Crippen LogP contribution in [0.4, 0.5) is 0 Å². The van der Waals surface area contributed by atoms with Gasteiger partial charge in [-0.05, 0) is 75.5 Å². The standard InChI is InChI=1S/C29H48O2/c1-20(2)12-9-13-21(3)14-10-15-22(4)16-11-18-29(8)19-17-26-25(7)27(30)23(5)24(6)28(26)31-29/h17,19-22,30H,9-16,18H2,1-8H3. The first-order chi connectivity index (χ1) is 14.5. The number of aromatic hydroxyl groups is 1. The number of benzene rings is 1. The summed E-state index contributed by atoms with van der Waals surface area (Å²) in [4.78, 5) is 0. The molecule has 0 saturated carbocycles. The topological polar surface area (TPSA) is 29.5 Å². The molecule has 1 aromatic carbocycles. The fraction of sp³-hybridized carbons (Fsp3) is 0.724. The Labute approximate surface area is 192 Å². The van der Waals surface area contributed by atoms with E-state index < -0.39 is 0 Å². The summed E-state index contributed by atoms with van der Waals surface area (Å²) in [6, 6.07) is 0. The van der Waals surface area contributed by atoms with E-state index in [0.29, 0.717) is 5.75 Å². The second kappa shape index (κ2) is 11.4. The molecule has 3 atom stereocenters. The summed E-state index contributed by atoms with van der Waals surface area (Å²) in [6.45, 7) is 17.7. The monoisotopic (exact) mass is 428 g/mol. The van der Waals surface area contributed by atoms with Gasteiger partial charge in [0, 0.05) is 11.1 Å². The van der Waals surface area contributed by atoms with Crippen molar-refractivity contribution >= 4 is 6.08 Å². The molecule has 0 spiro atoms. The third kappa shape index (κ3) is 7.29. The average Bonchev–Trinajstić information content (AvgIpc) is 2.70. The Morgan fingerprint density at radius 2 is 1.35 bits per heavy atom. The van der Waals surface area contributed by atoms with Gasteiger partial charge in [0.2, 0.25) is 0 Å². The van der Waals surface area contributed by atoms with E-state index >= 15 is 0 Å². The van der Waals surface area contributed by atoms with Crippen molar-refractivity contribution < 1.29 is 9.84 Å². The van der Waals surface area contributed by atoms with E-state index in [2.05, 4.69) is 53.7 Å².